The van der Waals surface area contributed by atoms with Crippen molar-refractivity contribution in [2.24, 2.45) is 0 Å². The number of carbonyl (C=O) groups excluding carboxylic acids is 2. The molecule has 0 N–H and O–H groups in total. The second-order valence-electron chi connectivity index (χ2n) is 7.76. The van der Waals surface area contributed by atoms with Gasteiger partial charge in [0, 0.05) is 13.1 Å². The van der Waals surface area contributed by atoms with Crippen molar-refractivity contribution in [1.29, 1.82) is 0 Å². The van der Waals surface area contributed by atoms with Crippen LogP contribution >= 0.6 is 0 Å². The molecule has 2 amide bonds. The maximum absolute atomic E-state index is 13.2. The van der Waals surface area contributed by atoms with E-state index in [-0.39, 0.29) is 10.8 Å². The lowest BCUT2D eigenvalue weighted by molar-refractivity contribution is -0.137. The molecule has 9 heteroatoms. The van der Waals surface area contributed by atoms with E-state index >= 15 is 0 Å². The van der Waals surface area contributed by atoms with E-state index in [1.165, 1.54) is 28.3 Å². The minimum atomic E-state index is -3.81. The Balaban J connectivity index is 1.53. The normalized spacial score (nSPS) is 14.1. The number of aromatic nitrogens is 2. The second-order valence-corrected chi connectivity index (χ2v) is 9.75. The number of para-hydroxylation sites is 1. The van der Waals surface area contributed by atoms with Crippen molar-refractivity contribution in [3.8, 4) is 5.69 Å². The second kappa shape index (κ2) is 8.58. The molecule has 0 radical (unpaired) electrons. The Kier molecular flexibility index (Phi) is 5.84. The van der Waals surface area contributed by atoms with E-state index in [1.807, 2.05) is 37.3 Å². The maximum atomic E-state index is 13.2. The van der Waals surface area contributed by atoms with Crippen molar-refractivity contribution in [1.82, 2.24) is 19.8 Å². The number of sulfone groups is 1. The number of hydrogen-bond acceptors (Lipinski definition) is 5. The number of benzene rings is 2. The van der Waals surface area contributed by atoms with E-state index in [2.05, 4.69) is 5.10 Å². The third-order valence-electron chi connectivity index (χ3n) is 5.49. The van der Waals surface area contributed by atoms with Gasteiger partial charge in [0.05, 0.1) is 28.0 Å². The largest absolute Gasteiger partial charge is 0.275 e. The molecule has 2 heterocycles. The fourth-order valence-electron chi connectivity index (χ4n) is 3.74. The molecular formula is C23H24N4O4S. The fourth-order valence-corrected chi connectivity index (χ4v) is 4.93. The lowest BCUT2D eigenvalue weighted by atomic mass is 10.2. The highest BCUT2D eigenvalue weighted by Gasteiger charge is 2.35. The van der Waals surface area contributed by atoms with Gasteiger partial charge in [-0.15, -0.1) is 0 Å². The third kappa shape index (κ3) is 4.16. The van der Waals surface area contributed by atoms with E-state index in [9.17, 15) is 18.0 Å². The summed E-state index contributed by atoms with van der Waals surface area (Å²) in [7, 11) is -3.81. The Morgan fingerprint density at radius 2 is 1.59 bits per heavy atom. The average Bonchev–Trinajstić information content (AvgIpc) is 3.41. The summed E-state index contributed by atoms with van der Waals surface area (Å²) >= 11 is 0. The van der Waals surface area contributed by atoms with Gasteiger partial charge in [-0.05, 0) is 44.5 Å². The van der Waals surface area contributed by atoms with Crippen molar-refractivity contribution >= 4 is 21.7 Å². The summed E-state index contributed by atoms with van der Waals surface area (Å²) in [5.41, 5.74) is 2.77. The van der Waals surface area contributed by atoms with Gasteiger partial charge >= 0.3 is 0 Å². The predicted octanol–water partition coefficient (Wildman–Crippen LogP) is 2.55. The number of hydrazine groups is 1. The van der Waals surface area contributed by atoms with Crippen molar-refractivity contribution in [2.75, 3.05) is 18.8 Å². The van der Waals surface area contributed by atoms with Crippen LogP contribution in [0.25, 0.3) is 5.69 Å². The predicted molar refractivity (Wildman–Crippen MR) is 119 cm³/mol. The lowest BCUT2D eigenvalue weighted by Gasteiger charge is -2.27. The number of amides is 2. The first-order chi connectivity index (χ1) is 15.3. The molecule has 2 aromatic carbocycles. The molecule has 166 valence electrons. The monoisotopic (exact) mass is 452 g/mol. The van der Waals surface area contributed by atoms with Gasteiger partial charge in [0.2, 0.25) is 0 Å². The summed E-state index contributed by atoms with van der Waals surface area (Å²) in [4.78, 5) is 26.2. The van der Waals surface area contributed by atoms with Gasteiger partial charge in [-0.25, -0.2) is 18.1 Å². The van der Waals surface area contributed by atoms with Crippen molar-refractivity contribution in [2.45, 2.75) is 25.2 Å². The summed E-state index contributed by atoms with van der Waals surface area (Å²) in [6.07, 6.45) is 2.06. The van der Waals surface area contributed by atoms with Crippen LogP contribution in [0.15, 0.2) is 65.7 Å². The molecule has 0 atom stereocenters. The molecule has 1 aliphatic heterocycles. The Bertz CT molecular complexity index is 1250. The zero-order chi connectivity index (χ0) is 22.9. The first-order valence-electron chi connectivity index (χ1n) is 10.3. The highest BCUT2D eigenvalue weighted by atomic mass is 32.2. The Labute approximate surface area is 187 Å². The van der Waals surface area contributed by atoms with Crippen molar-refractivity contribution in [3.05, 3.63) is 77.6 Å². The molecule has 1 saturated heterocycles. The van der Waals surface area contributed by atoms with Crippen LogP contribution in [-0.4, -0.2) is 58.9 Å². The molecule has 0 saturated carbocycles. The number of rotatable bonds is 5. The highest BCUT2D eigenvalue weighted by Crippen LogP contribution is 2.21. The summed E-state index contributed by atoms with van der Waals surface area (Å²) in [5.74, 6) is -1.69. The zero-order valence-corrected chi connectivity index (χ0v) is 18.7. The van der Waals surface area contributed by atoms with E-state index in [0.717, 1.165) is 11.3 Å². The average molecular weight is 453 g/mol. The summed E-state index contributed by atoms with van der Waals surface area (Å²) in [6, 6.07) is 15.8. The van der Waals surface area contributed by atoms with Crippen LogP contribution < -0.4 is 0 Å². The topological polar surface area (TPSA) is 92.6 Å². The Hall–Kier alpha value is -3.46. The van der Waals surface area contributed by atoms with Crippen LogP contribution in [0, 0.1) is 13.8 Å². The molecule has 8 nitrogen and oxygen atoms in total. The molecule has 1 aliphatic rings. The number of carbonyl (C=O) groups is 2. The highest BCUT2D eigenvalue weighted by molar-refractivity contribution is 7.92. The van der Waals surface area contributed by atoms with Gasteiger partial charge in [-0.2, -0.15) is 5.10 Å². The summed E-state index contributed by atoms with van der Waals surface area (Å²) < 4.78 is 27.1. The van der Waals surface area contributed by atoms with Gasteiger partial charge in [-0.1, -0.05) is 35.9 Å². The minimum absolute atomic E-state index is 0.0912. The van der Waals surface area contributed by atoms with Crippen molar-refractivity contribution in [3.63, 3.8) is 0 Å². The van der Waals surface area contributed by atoms with Crippen LogP contribution in [-0.2, 0) is 14.6 Å². The van der Waals surface area contributed by atoms with Crippen molar-refractivity contribution < 1.29 is 18.0 Å². The molecule has 32 heavy (non-hydrogen) atoms. The van der Waals surface area contributed by atoms with Gasteiger partial charge < -0.3 is 0 Å². The Morgan fingerprint density at radius 1 is 0.938 bits per heavy atom. The molecule has 0 bridgehead atoms. The number of hydrogen-bond donors (Lipinski definition) is 0. The van der Waals surface area contributed by atoms with E-state index in [1.54, 1.807) is 23.7 Å². The van der Waals surface area contributed by atoms with Gasteiger partial charge in [0.1, 0.15) is 5.75 Å². The molecule has 3 aromatic rings. The van der Waals surface area contributed by atoms with Crippen LogP contribution in [0.3, 0.4) is 0 Å². The molecule has 1 fully saturated rings. The SMILES string of the molecule is Cc1ccc(S(=O)(=O)CC(=O)N2CCCN2C(=O)c2cnn(-c3ccccc3)c2C)cc1. The van der Waals surface area contributed by atoms with E-state index in [0.29, 0.717) is 30.8 Å². The quantitative estimate of drug-likeness (QED) is 0.593. The number of nitrogens with zero attached hydrogens (tertiary/aromatic N) is 4. The Morgan fingerprint density at radius 3 is 2.28 bits per heavy atom. The first-order valence-corrected chi connectivity index (χ1v) is 11.9. The standard InChI is InChI=1S/C23H24N4O4S/c1-17-9-11-20(12-10-17)32(30,31)16-22(28)25-13-6-14-26(25)23(29)21-15-24-27(18(21)2)19-7-4-3-5-8-19/h3-5,7-12,15H,6,13-14,16H2,1-2H3. The first kappa shape index (κ1) is 21.8. The third-order valence-corrected chi connectivity index (χ3v) is 7.11. The lowest BCUT2D eigenvalue weighted by Crippen LogP contribution is -2.47. The van der Waals surface area contributed by atoms with Gasteiger partial charge in [-0.3, -0.25) is 14.6 Å². The van der Waals surface area contributed by atoms with Gasteiger partial charge in [0.15, 0.2) is 9.84 Å². The molecule has 0 aliphatic carbocycles. The van der Waals surface area contributed by atoms with E-state index < -0.39 is 21.5 Å². The molecular weight excluding hydrogens is 428 g/mol. The van der Waals surface area contributed by atoms with E-state index in [4.69, 9.17) is 0 Å². The zero-order valence-electron chi connectivity index (χ0n) is 17.9. The number of aryl methyl sites for hydroxylation is 1. The smallest absolute Gasteiger partial charge is 0.272 e. The fraction of sp³-hybridized carbons (Fsp3) is 0.261. The minimum Gasteiger partial charge on any atom is -0.272 e. The molecule has 0 unspecified atom stereocenters. The summed E-state index contributed by atoms with van der Waals surface area (Å²) in [6.45, 7) is 4.28. The van der Waals surface area contributed by atoms with Crippen LogP contribution in [0.5, 0.6) is 0 Å². The summed E-state index contributed by atoms with van der Waals surface area (Å²) in [5, 5.41) is 6.89. The van der Waals surface area contributed by atoms with Crippen LogP contribution in [0.4, 0.5) is 0 Å². The molecule has 1 aromatic heterocycles. The maximum Gasteiger partial charge on any atom is 0.275 e. The molecule has 4 rings (SSSR count). The van der Waals surface area contributed by atoms with Crippen LogP contribution in [0.1, 0.15) is 28.0 Å². The van der Waals surface area contributed by atoms with Crippen LogP contribution in [0.2, 0.25) is 0 Å². The van der Waals surface area contributed by atoms with Gasteiger partial charge in [0.25, 0.3) is 11.8 Å². The molecule has 0 spiro atoms.